The van der Waals surface area contributed by atoms with Gasteiger partial charge in [-0.2, -0.15) is 8.42 Å². The van der Waals surface area contributed by atoms with Gasteiger partial charge in [-0.05, 0) is 55.7 Å². The zero-order valence-corrected chi connectivity index (χ0v) is 16.8. The van der Waals surface area contributed by atoms with E-state index in [0.29, 0.717) is 32.4 Å². The summed E-state index contributed by atoms with van der Waals surface area (Å²) in [4.78, 5) is 14.1. The third-order valence-electron chi connectivity index (χ3n) is 6.11. The molecule has 7 nitrogen and oxygen atoms in total. The van der Waals surface area contributed by atoms with Gasteiger partial charge in [0.15, 0.2) is 0 Å². The molecule has 1 aromatic rings. The van der Waals surface area contributed by atoms with Crippen molar-refractivity contribution in [2.24, 2.45) is 5.41 Å². The molecule has 27 heavy (non-hydrogen) atoms. The van der Waals surface area contributed by atoms with Crippen LogP contribution >= 0.6 is 0 Å². The van der Waals surface area contributed by atoms with E-state index in [9.17, 15) is 17.8 Å². The Bertz CT molecular complexity index is 808. The summed E-state index contributed by atoms with van der Waals surface area (Å²) in [6.07, 6.45) is 2.16. The summed E-state index contributed by atoms with van der Waals surface area (Å²) in [6, 6.07) is 7.50. The van der Waals surface area contributed by atoms with Crippen LogP contribution in [-0.4, -0.2) is 48.5 Å². The number of hydrogen-bond acceptors (Lipinski definition) is 5. The van der Waals surface area contributed by atoms with Crippen LogP contribution in [0.1, 0.15) is 45.1 Å². The van der Waals surface area contributed by atoms with Crippen molar-refractivity contribution >= 4 is 16.2 Å². The lowest BCUT2D eigenvalue weighted by molar-refractivity contribution is -0.0223. The van der Waals surface area contributed by atoms with Gasteiger partial charge in [0.05, 0.1) is 18.9 Å². The molecule has 1 aromatic carbocycles. The summed E-state index contributed by atoms with van der Waals surface area (Å²) in [7, 11) is -2.55. The molecule has 1 spiro atoms. The molecule has 150 valence electrons. The van der Waals surface area contributed by atoms with E-state index in [0.717, 1.165) is 17.7 Å². The Balaban J connectivity index is 1.74. The summed E-state index contributed by atoms with van der Waals surface area (Å²) in [5.41, 5.74) is -0.368. The molecule has 1 saturated heterocycles. The molecule has 1 saturated carbocycles. The minimum atomic E-state index is -4.16. The number of hydrogen-bond donors (Lipinski definition) is 1. The van der Waals surface area contributed by atoms with Crippen LogP contribution in [0.2, 0.25) is 0 Å². The largest absolute Gasteiger partial charge is 0.497 e. The quantitative estimate of drug-likeness (QED) is 0.767. The molecule has 1 N–H and O–H groups in total. The van der Waals surface area contributed by atoms with Gasteiger partial charge in [0.25, 0.3) is 10.1 Å². The lowest BCUT2D eigenvalue weighted by Crippen LogP contribution is -2.49. The molecule has 1 amide bonds. The highest BCUT2D eigenvalue weighted by molar-refractivity contribution is 7.86. The van der Waals surface area contributed by atoms with Gasteiger partial charge < -0.3 is 9.47 Å². The molecule has 0 aromatic heterocycles. The Labute approximate surface area is 160 Å². The molecule has 3 atom stereocenters. The van der Waals surface area contributed by atoms with Gasteiger partial charge >= 0.3 is 6.09 Å². The van der Waals surface area contributed by atoms with Crippen molar-refractivity contribution in [1.29, 1.82) is 0 Å². The van der Waals surface area contributed by atoms with E-state index >= 15 is 0 Å². The fourth-order valence-electron chi connectivity index (χ4n) is 4.42. The second-order valence-electron chi connectivity index (χ2n) is 8.10. The van der Waals surface area contributed by atoms with Crippen LogP contribution in [0.3, 0.4) is 0 Å². The number of amides is 1. The average Bonchev–Trinajstić information content (AvgIpc) is 2.88. The number of carbonyl (C=O) groups is 1. The van der Waals surface area contributed by atoms with E-state index in [1.54, 1.807) is 12.0 Å². The lowest BCUT2D eigenvalue weighted by Gasteiger charge is -2.45. The average molecular weight is 397 g/mol. The van der Waals surface area contributed by atoms with Crippen molar-refractivity contribution < 1.29 is 27.2 Å². The van der Waals surface area contributed by atoms with Gasteiger partial charge in [0.1, 0.15) is 11.4 Å². The maximum Gasteiger partial charge on any atom is 0.410 e. The van der Waals surface area contributed by atoms with Crippen molar-refractivity contribution in [1.82, 2.24) is 4.90 Å². The van der Waals surface area contributed by atoms with Gasteiger partial charge in [-0.3, -0.25) is 9.45 Å². The highest BCUT2D eigenvalue weighted by atomic mass is 32.2. The summed E-state index contributed by atoms with van der Waals surface area (Å²) < 4.78 is 43.8. The Hall–Kier alpha value is -1.80. The molecule has 2 aliphatic rings. The van der Waals surface area contributed by atoms with Gasteiger partial charge in [0, 0.05) is 6.54 Å². The monoisotopic (exact) mass is 397 g/mol. The van der Waals surface area contributed by atoms with Crippen molar-refractivity contribution in [2.75, 3.05) is 13.7 Å². The molecule has 1 heterocycles. The van der Waals surface area contributed by atoms with E-state index in [1.807, 2.05) is 31.2 Å². The number of benzene rings is 1. The smallest absolute Gasteiger partial charge is 0.410 e. The fraction of sp³-hybridized carbons (Fsp3) is 0.632. The number of methoxy groups -OCH3 is 1. The highest BCUT2D eigenvalue weighted by Gasteiger charge is 2.54. The van der Waals surface area contributed by atoms with Crippen molar-refractivity contribution in [2.45, 2.75) is 56.9 Å². The first-order valence-corrected chi connectivity index (χ1v) is 10.6. The third-order valence-corrected chi connectivity index (χ3v) is 7.57. The van der Waals surface area contributed by atoms with E-state index in [-0.39, 0.29) is 6.09 Å². The van der Waals surface area contributed by atoms with Crippen LogP contribution in [0.15, 0.2) is 24.3 Å². The number of ether oxygens (including phenoxy) is 2. The Morgan fingerprint density at radius 1 is 1.30 bits per heavy atom. The summed E-state index contributed by atoms with van der Waals surface area (Å²) >= 11 is 0. The second kappa shape index (κ2) is 6.98. The topological polar surface area (TPSA) is 93.1 Å². The molecule has 1 aliphatic carbocycles. The minimum Gasteiger partial charge on any atom is -0.497 e. The minimum absolute atomic E-state index is 0.380. The van der Waals surface area contributed by atoms with E-state index in [4.69, 9.17) is 9.47 Å². The van der Waals surface area contributed by atoms with E-state index in [1.165, 1.54) is 6.92 Å². The van der Waals surface area contributed by atoms with Crippen molar-refractivity contribution in [3.63, 3.8) is 0 Å². The van der Waals surface area contributed by atoms with Crippen LogP contribution < -0.4 is 4.74 Å². The number of carbonyl (C=O) groups excluding carboxylic acids is 1. The SMILES string of the molecule is COc1ccc(CN2C[C@@]3(CCC[C@](C)(C(C)S(=O)(=O)O)C3)OC2=O)cc1. The predicted octanol–water partition coefficient (Wildman–Crippen LogP) is 3.24. The van der Waals surface area contributed by atoms with Gasteiger partial charge in [-0.1, -0.05) is 19.1 Å². The van der Waals surface area contributed by atoms with Crippen LogP contribution in [0.25, 0.3) is 0 Å². The number of nitrogens with zero attached hydrogens (tertiary/aromatic N) is 1. The molecule has 1 aliphatic heterocycles. The standard InChI is InChI=1S/C19H27NO6S/c1-14(27(22,23)24)18(2)9-4-10-19(12-18)13-20(17(21)26-19)11-15-5-7-16(25-3)8-6-15/h5-8,14H,4,9-13H2,1-3H3,(H,22,23,24)/t14?,18-,19-/m0/s1. The zero-order valence-electron chi connectivity index (χ0n) is 16.0. The molecule has 2 fully saturated rings. The van der Waals surface area contributed by atoms with E-state index < -0.39 is 26.4 Å². The number of rotatable bonds is 5. The first-order chi connectivity index (χ1) is 12.6. The molecule has 8 heteroatoms. The Morgan fingerprint density at radius 3 is 2.56 bits per heavy atom. The second-order valence-corrected chi connectivity index (χ2v) is 9.83. The van der Waals surface area contributed by atoms with Gasteiger partial charge in [-0.15, -0.1) is 0 Å². The van der Waals surface area contributed by atoms with Gasteiger partial charge in [0.2, 0.25) is 0 Å². The van der Waals surface area contributed by atoms with Crippen molar-refractivity contribution in [3.05, 3.63) is 29.8 Å². The third kappa shape index (κ3) is 4.06. The first-order valence-electron chi connectivity index (χ1n) is 9.14. The predicted molar refractivity (Wildman–Crippen MR) is 100 cm³/mol. The van der Waals surface area contributed by atoms with Crippen LogP contribution in [0, 0.1) is 5.41 Å². The first kappa shape index (κ1) is 19.9. The Morgan fingerprint density at radius 2 is 1.96 bits per heavy atom. The molecular weight excluding hydrogens is 370 g/mol. The Kier molecular flexibility index (Phi) is 5.16. The molecule has 3 rings (SSSR count). The van der Waals surface area contributed by atoms with Crippen LogP contribution in [0.5, 0.6) is 5.75 Å². The summed E-state index contributed by atoms with van der Waals surface area (Å²) in [5, 5.41) is -0.906. The van der Waals surface area contributed by atoms with Crippen LogP contribution in [0.4, 0.5) is 4.79 Å². The maximum absolute atomic E-state index is 12.5. The highest BCUT2D eigenvalue weighted by Crippen LogP contribution is 2.49. The van der Waals surface area contributed by atoms with Crippen LogP contribution in [-0.2, 0) is 21.4 Å². The van der Waals surface area contributed by atoms with Crippen molar-refractivity contribution in [3.8, 4) is 5.75 Å². The molecule has 1 unspecified atom stereocenters. The molecule has 0 bridgehead atoms. The maximum atomic E-state index is 12.5. The van der Waals surface area contributed by atoms with E-state index in [2.05, 4.69) is 0 Å². The fourth-order valence-corrected chi connectivity index (χ4v) is 5.34. The lowest BCUT2D eigenvalue weighted by atomic mass is 9.67. The molecule has 0 radical (unpaired) electrons. The zero-order chi connectivity index (χ0) is 19.9. The summed E-state index contributed by atoms with van der Waals surface area (Å²) in [6.45, 7) is 4.23. The normalized spacial score (nSPS) is 29.6. The van der Waals surface area contributed by atoms with Gasteiger partial charge in [-0.25, -0.2) is 4.79 Å². The summed E-state index contributed by atoms with van der Waals surface area (Å²) in [5.74, 6) is 0.751. The molecular formula is C19H27NO6S.